The standard InChI is InChI=1S/C16H17NO/c1-13-8-9-17-16(11-13)18-12-14(2)10-15-6-4-3-5-7-15/h3-9,11-12H,10H2,1-2H3. The molecule has 0 aliphatic rings. The first kappa shape index (κ1) is 12.4. The van der Waals surface area contributed by atoms with Crippen LogP contribution in [0.5, 0.6) is 5.88 Å². The molecule has 2 nitrogen and oxygen atoms in total. The molecule has 0 fully saturated rings. The summed E-state index contributed by atoms with van der Waals surface area (Å²) in [6.07, 6.45) is 4.42. The van der Waals surface area contributed by atoms with Crippen molar-refractivity contribution < 1.29 is 4.74 Å². The molecule has 0 atom stereocenters. The molecule has 0 spiro atoms. The Kier molecular flexibility index (Phi) is 4.13. The fraction of sp³-hybridized carbons (Fsp3) is 0.188. The molecule has 0 N–H and O–H groups in total. The third kappa shape index (κ3) is 3.74. The molecule has 1 aromatic heterocycles. The van der Waals surface area contributed by atoms with Gasteiger partial charge in [0.2, 0.25) is 5.88 Å². The first-order valence-electron chi connectivity index (χ1n) is 6.03. The van der Waals surface area contributed by atoms with E-state index in [-0.39, 0.29) is 0 Å². The average molecular weight is 239 g/mol. The van der Waals surface area contributed by atoms with Crippen LogP contribution in [0.1, 0.15) is 18.1 Å². The number of benzene rings is 1. The number of pyridine rings is 1. The van der Waals surface area contributed by atoms with Crippen LogP contribution in [0.25, 0.3) is 0 Å². The smallest absolute Gasteiger partial charge is 0.218 e. The number of nitrogens with zero attached hydrogens (tertiary/aromatic N) is 1. The highest BCUT2D eigenvalue weighted by molar-refractivity contribution is 5.22. The normalized spacial score (nSPS) is 11.3. The highest BCUT2D eigenvalue weighted by Crippen LogP contribution is 2.11. The van der Waals surface area contributed by atoms with Crippen LogP contribution in [0.3, 0.4) is 0 Å². The van der Waals surface area contributed by atoms with Crippen LogP contribution in [-0.2, 0) is 6.42 Å². The summed E-state index contributed by atoms with van der Waals surface area (Å²) in [5.41, 5.74) is 3.60. The van der Waals surface area contributed by atoms with E-state index in [4.69, 9.17) is 4.74 Å². The van der Waals surface area contributed by atoms with E-state index in [1.165, 1.54) is 11.1 Å². The van der Waals surface area contributed by atoms with Crippen LogP contribution >= 0.6 is 0 Å². The topological polar surface area (TPSA) is 22.1 Å². The quantitative estimate of drug-likeness (QED) is 0.754. The zero-order valence-electron chi connectivity index (χ0n) is 10.8. The minimum atomic E-state index is 0.641. The number of hydrogen-bond donors (Lipinski definition) is 0. The third-order valence-corrected chi connectivity index (χ3v) is 2.60. The van der Waals surface area contributed by atoms with Gasteiger partial charge in [0.05, 0.1) is 6.26 Å². The molecule has 0 amide bonds. The second kappa shape index (κ2) is 6.01. The van der Waals surface area contributed by atoms with Crippen molar-refractivity contribution in [3.8, 4) is 5.88 Å². The second-order valence-corrected chi connectivity index (χ2v) is 4.42. The van der Waals surface area contributed by atoms with Gasteiger partial charge in [-0.25, -0.2) is 4.98 Å². The highest BCUT2D eigenvalue weighted by atomic mass is 16.5. The number of aryl methyl sites for hydroxylation is 1. The van der Waals surface area contributed by atoms with Crippen molar-refractivity contribution in [3.63, 3.8) is 0 Å². The molecule has 0 saturated carbocycles. The number of rotatable bonds is 4. The minimum Gasteiger partial charge on any atom is -0.447 e. The first-order valence-corrected chi connectivity index (χ1v) is 6.03. The molecule has 2 rings (SSSR count). The van der Waals surface area contributed by atoms with E-state index in [1.54, 1.807) is 12.5 Å². The lowest BCUT2D eigenvalue weighted by Crippen LogP contribution is -1.92. The highest BCUT2D eigenvalue weighted by Gasteiger charge is 1.96. The molecule has 18 heavy (non-hydrogen) atoms. The van der Waals surface area contributed by atoms with Crippen LogP contribution in [0, 0.1) is 6.92 Å². The van der Waals surface area contributed by atoms with Crippen molar-refractivity contribution in [1.29, 1.82) is 0 Å². The molecule has 0 aliphatic heterocycles. The number of allylic oxidation sites excluding steroid dienone is 1. The third-order valence-electron chi connectivity index (χ3n) is 2.60. The molecule has 0 saturated heterocycles. The van der Waals surface area contributed by atoms with Gasteiger partial charge in [0, 0.05) is 12.3 Å². The van der Waals surface area contributed by atoms with Gasteiger partial charge in [-0.15, -0.1) is 0 Å². The van der Waals surface area contributed by atoms with E-state index in [2.05, 4.69) is 24.0 Å². The molecular formula is C16H17NO. The Morgan fingerprint density at radius 3 is 2.72 bits per heavy atom. The van der Waals surface area contributed by atoms with Gasteiger partial charge < -0.3 is 4.74 Å². The molecule has 2 aromatic rings. The van der Waals surface area contributed by atoms with Crippen LogP contribution in [-0.4, -0.2) is 4.98 Å². The van der Waals surface area contributed by atoms with Gasteiger partial charge in [-0.2, -0.15) is 0 Å². The van der Waals surface area contributed by atoms with E-state index in [1.807, 2.05) is 37.3 Å². The summed E-state index contributed by atoms with van der Waals surface area (Å²) >= 11 is 0. The summed E-state index contributed by atoms with van der Waals surface area (Å²) in [4.78, 5) is 4.15. The molecule has 1 aromatic carbocycles. The Morgan fingerprint density at radius 1 is 1.22 bits per heavy atom. The van der Waals surface area contributed by atoms with Crippen molar-refractivity contribution in [3.05, 3.63) is 71.6 Å². The van der Waals surface area contributed by atoms with Crippen molar-refractivity contribution in [2.75, 3.05) is 0 Å². The largest absolute Gasteiger partial charge is 0.447 e. The van der Waals surface area contributed by atoms with Gasteiger partial charge in [-0.05, 0) is 43.0 Å². The fourth-order valence-corrected chi connectivity index (χ4v) is 1.69. The van der Waals surface area contributed by atoms with Crippen molar-refractivity contribution in [1.82, 2.24) is 4.98 Å². The first-order chi connectivity index (χ1) is 8.74. The Labute approximate surface area is 108 Å². The number of aromatic nitrogens is 1. The fourth-order valence-electron chi connectivity index (χ4n) is 1.69. The summed E-state index contributed by atoms with van der Waals surface area (Å²) in [5, 5.41) is 0. The zero-order chi connectivity index (χ0) is 12.8. The number of hydrogen-bond acceptors (Lipinski definition) is 2. The van der Waals surface area contributed by atoms with Crippen LogP contribution in [0.4, 0.5) is 0 Å². The molecule has 0 unspecified atom stereocenters. The van der Waals surface area contributed by atoms with E-state index in [9.17, 15) is 0 Å². The lowest BCUT2D eigenvalue weighted by atomic mass is 10.1. The molecule has 0 bridgehead atoms. The minimum absolute atomic E-state index is 0.641. The van der Waals surface area contributed by atoms with Crippen LogP contribution < -0.4 is 4.74 Å². The Morgan fingerprint density at radius 2 is 2.00 bits per heavy atom. The van der Waals surface area contributed by atoms with Crippen LogP contribution in [0.15, 0.2) is 60.5 Å². The summed E-state index contributed by atoms with van der Waals surface area (Å²) in [7, 11) is 0. The summed E-state index contributed by atoms with van der Waals surface area (Å²) in [6, 6.07) is 14.2. The molecular weight excluding hydrogens is 222 g/mol. The lowest BCUT2D eigenvalue weighted by Gasteiger charge is -2.03. The zero-order valence-corrected chi connectivity index (χ0v) is 10.8. The summed E-state index contributed by atoms with van der Waals surface area (Å²) in [6.45, 7) is 4.08. The van der Waals surface area contributed by atoms with E-state index in [0.717, 1.165) is 12.0 Å². The maximum Gasteiger partial charge on any atom is 0.218 e. The SMILES string of the molecule is CC(=COc1cc(C)ccn1)Cc1ccccc1. The molecule has 92 valence electrons. The van der Waals surface area contributed by atoms with Crippen molar-refractivity contribution in [2.24, 2.45) is 0 Å². The predicted molar refractivity (Wildman–Crippen MR) is 73.5 cm³/mol. The molecule has 0 aliphatic carbocycles. The molecule has 0 radical (unpaired) electrons. The van der Waals surface area contributed by atoms with Gasteiger partial charge in [-0.1, -0.05) is 30.3 Å². The summed E-state index contributed by atoms with van der Waals surface area (Å²) < 4.78 is 5.55. The number of ether oxygens (including phenoxy) is 1. The Balaban J connectivity index is 1.97. The van der Waals surface area contributed by atoms with Crippen LogP contribution in [0.2, 0.25) is 0 Å². The monoisotopic (exact) mass is 239 g/mol. The lowest BCUT2D eigenvalue weighted by molar-refractivity contribution is 0.454. The molecule has 1 heterocycles. The van der Waals surface area contributed by atoms with Gasteiger partial charge in [0.15, 0.2) is 0 Å². The van der Waals surface area contributed by atoms with E-state index in [0.29, 0.717) is 5.88 Å². The van der Waals surface area contributed by atoms with E-state index < -0.39 is 0 Å². The maximum absolute atomic E-state index is 5.55. The second-order valence-electron chi connectivity index (χ2n) is 4.42. The molecule has 2 heteroatoms. The van der Waals surface area contributed by atoms with Crippen molar-refractivity contribution in [2.45, 2.75) is 20.3 Å². The van der Waals surface area contributed by atoms with Gasteiger partial charge in [-0.3, -0.25) is 0 Å². The summed E-state index contributed by atoms with van der Waals surface area (Å²) in [5.74, 6) is 0.641. The average Bonchev–Trinajstić information content (AvgIpc) is 2.38. The van der Waals surface area contributed by atoms with E-state index >= 15 is 0 Å². The van der Waals surface area contributed by atoms with Gasteiger partial charge in [0.25, 0.3) is 0 Å². The Bertz CT molecular complexity index is 532. The van der Waals surface area contributed by atoms with Crippen molar-refractivity contribution >= 4 is 0 Å². The Hall–Kier alpha value is -2.09. The predicted octanol–water partition coefficient (Wildman–Crippen LogP) is 3.92. The maximum atomic E-state index is 5.55. The van der Waals surface area contributed by atoms with Gasteiger partial charge >= 0.3 is 0 Å². The van der Waals surface area contributed by atoms with Gasteiger partial charge in [0.1, 0.15) is 0 Å².